The van der Waals surface area contributed by atoms with Crippen molar-refractivity contribution >= 4 is 40.3 Å². The van der Waals surface area contributed by atoms with Crippen molar-refractivity contribution in [2.75, 3.05) is 13.1 Å². The fourth-order valence-corrected chi connectivity index (χ4v) is 4.45. The number of benzene rings is 2. The number of fused-ring (bicyclic) bond motifs is 1. The third-order valence-corrected chi connectivity index (χ3v) is 6.49. The van der Waals surface area contributed by atoms with Crippen LogP contribution in [0.3, 0.4) is 0 Å². The molecular weight excluding hydrogens is 458 g/mol. The summed E-state index contributed by atoms with van der Waals surface area (Å²) in [6, 6.07) is 16.1. The zero-order valence-electron chi connectivity index (χ0n) is 18.5. The largest absolute Gasteiger partial charge is 0.481 e. The van der Waals surface area contributed by atoms with Gasteiger partial charge in [0.15, 0.2) is 0 Å². The molecule has 2 aromatic carbocycles. The van der Waals surface area contributed by atoms with Gasteiger partial charge >= 0.3 is 5.97 Å². The van der Waals surface area contributed by atoms with Crippen LogP contribution in [0.1, 0.15) is 35.3 Å². The second kappa shape index (κ2) is 9.87. The van der Waals surface area contributed by atoms with Crippen molar-refractivity contribution in [1.29, 1.82) is 0 Å². The predicted octanol–water partition coefficient (Wildman–Crippen LogP) is 3.20. The van der Waals surface area contributed by atoms with Gasteiger partial charge < -0.3 is 25.4 Å². The molecule has 0 bridgehead atoms. The SMILES string of the molecule is O=C(NC(O)(CCc1ccccc1)C(=O)N1CCC(C(=O)O)CC1)c1cc2cc(Cl)ccc2[nH]1. The first-order valence-corrected chi connectivity index (χ1v) is 11.5. The average molecular weight is 484 g/mol. The number of halogens is 1. The summed E-state index contributed by atoms with van der Waals surface area (Å²) >= 11 is 6.03. The third kappa shape index (κ3) is 5.24. The van der Waals surface area contributed by atoms with E-state index < -0.39 is 29.4 Å². The van der Waals surface area contributed by atoms with Crippen LogP contribution in [-0.2, 0) is 16.0 Å². The second-order valence-electron chi connectivity index (χ2n) is 8.62. The van der Waals surface area contributed by atoms with Gasteiger partial charge in [-0.05, 0) is 49.1 Å². The zero-order chi connectivity index (χ0) is 24.3. The van der Waals surface area contributed by atoms with Crippen LogP contribution in [0.5, 0.6) is 0 Å². The molecule has 1 atom stereocenters. The Bertz CT molecular complexity index is 1200. The summed E-state index contributed by atoms with van der Waals surface area (Å²) < 4.78 is 0. The van der Waals surface area contributed by atoms with Gasteiger partial charge in [-0.25, -0.2) is 0 Å². The molecule has 3 aromatic rings. The molecule has 0 aliphatic carbocycles. The molecule has 2 heterocycles. The lowest BCUT2D eigenvalue weighted by molar-refractivity contribution is -0.158. The zero-order valence-corrected chi connectivity index (χ0v) is 19.2. The van der Waals surface area contributed by atoms with Gasteiger partial charge in [-0.15, -0.1) is 0 Å². The molecule has 1 aromatic heterocycles. The number of aryl methyl sites for hydroxylation is 1. The van der Waals surface area contributed by atoms with Gasteiger partial charge in [0.2, 0.25) is 5.72 Å². The van der Waals surface area contributed by atoms with Gasteiger partial charge in [0.25, 0.3) is 11.8 Å². The summed E-state index contributed by atoms with van der Waals surface area (Å²) in [5.74, 6) is -2.68. The molecule has 34 heavy (non-hydrogen) atoms. The predicted molar refractivity (Wildman–Crippen MR) is 127 cm³/mol. The van der Waals surface area contributed by atoms with Crippen molar-refractivity contribution < 1.29 is 24.6 Å². The average Bonchev–Trinajstić information content (AvgIpc) is 3.26. The number of aromatic nitrogens is 1. The lowest BCUT2D eigenvalue weighted by Crippen LogP contribution is -2.61. The van der Waals surface area contributed by atoms with E-state index in [0.717, 1.165) is 10.9 Å². The van der Waals surface area contributed by atoms with E-state index in [2.05, 4.69) is 10.3 Å². The van der Waals surface area contributed by atoms with Gasteiger partial charge in [-0.1, -0.05) is 41.9 Å². The van der Waals surface area contributed by atoms with E-state index in [9.17, 15) is 24.6 Å². The van der Waals surface area contributed by atoms with Crippen molar-refractivity contribution in [3.63, 3.8) is 0 Å². The molecule has 2 amide bonds. The minimum atomic E-state index is -2.15. The molecule has 0 saturated carbocycles. The minimum absolute atomic E-state index is 0.0352. The summed E-state index contributed by atoms with van der Waals surface area (Å²) in [4.78, 5) is 42.1. The topological polar surface area (TPSA) is 123 Å². The number of carboxylic acid groups (broad SMARTS) is 1. The van der Waals surface area contributed by atoms with E-state index in [-0.39, 0.29) is 25.2 Å². The summed E-state index contributed by atoms with van der Waals surface area (Å²) in [5, 5.41) is 24.5. The molecule has 9 heteroatoms. The molecular formula is C25H26ClN3O5. The van der Waals surface area contributed by atoms with Crippen molar-refractivity contribution in [3.05, 3.63) is 70.9 Å². The van der Waals surface area contributed by atoms with Crippen LogP contribution >= 0.6 is 11.6 Å². The normalized spacial score (nSPS) is 16.2. The fourth-order valence-electron chi connectivity index (χ4n) is 4.26. The fraction of sp³-hybridized carbons (Fsp3) is 0.320. The molecule has 0 radical (unpaired) electrons. The second-order valence-corrected chi connectivity index (χ2v) is 9.06. The van der Waals surface area contributed by atoms with Crippen LogP contribution < -0.4 is 5.32 Å². The number of carboxylic acids is 1. The first-order valence-electron chi connectivity index (χ1n) is 11.1. The number of hydrogen-bond donors (Lipinski definition) is 4. The Balaban J connectivity index is 1.55. The van der Waals surface area contributed by atoms with Crippen molar-refractivity contribution in [1.82, 2.24) is 15.2 Å². The first kappa shape index (κ1) is 23.8. The number of H-pyrrole nitrogens is 1. The van der Waals surface area contributed by atoms with Gasteiger partial charge in [-0.3, -0.25) is 14.4 Å². The number of rotatable bonds is 7. The van der Waals surface area contributed by atoms with Crippen LogP contribution in [0, 0.1) is 5.92 Å². The summed E-state index contributed by atoms with van der Waals surface area (Å²) in [6.07, 6.45) is 0.920. The molecule has 1 aliphatic rings. The van der Waals surface area contributed by atoms with E-state index in [1.54, 1.807) is 24.3 Å². The molecule has 1 aliphatic heterocycles. The van der Waals surface area contributed by atoms with E-state index in [1.807, 2.05) is 30.3 Å². The van der Waals surface area contributed by atoms with E-state index in [1.165, 1.54) is 4.90 Å². The maximum absolute atomic E-state index is 13.4. The van der Waals surface area contributed by atoms with Crippen LogP contribution in [0.2, 0.25) is 5.02 Å². The van der Waals surface area contributed by atoms with Crippen LogP contribution in [0.15, 0.2) is 54.6 Å². The lowest BCUT2D eigenvalue weighted by atomic mass is 9.95. The summed E-state index contributed by atoms with van der Waals surface area (Å²) in [7, 11) is 0. The molecule has 0 spiro atoms. The Morgan fingerprint density at radius 3 is 2.47 bits per heavy atom. The number of aliphatic carboxylic acids is 1. The first-order chi connectivity index (χ1) is 16.2. The quantitative estimate of drug-likeness (QED) is 0.384. The summed E-state index contributed by atoms with van der Waals surface area (Å²) in [6.45, 7) is 0.397. The Labute approximate surface area is 201 Å². The number of amides is 2. The van der Waals surface area contributed by atoms with E-state index in [0.29, 0.717) is 29.8 Å². The third-order valence-electron chi connectivity index (χ3n) is 6.25. The molecule has 4 rings (SSSR count). The molecule has 8 nitrogen and oxygen atoms in total. The Kier molecular flexibility index (Phi) is 6.90. The van der Waals surface area contributed by atoms with Crippen molar-refractivity contribution in [2.45, 2.75) is 31.4 Å². The highest BCUT2D eigenvalue weighted by molar-refractivity contribution is 6.31. The highest BCUT2D eigenvalue weighted by Crippen LogP contribution is 2.24. The van der Waals surface area contributed by atoms with Crippen molar-refractivity contribution in [3.8, 4) is 0 Å². The van der Waals surface area contributed by atoms with Crippen LogP contribution in [-0.4, -0.2) is 56.7 Å². The number of hydrogen-bond acceptors (Lipinski definition) is 4. The molecule has 1 fully saturated rings. The number of carbonyl (C=O) groups is 3. The molecule has 178 valence electrons. The lowest BCUT2D eigenvalue weighted by Gasteiger charge is -2.37. The van der Waals surface area contributed by atoms with Gasteiger partial charge in [0.1, 0.15) is 5.69 Å². The van der Waals surface area contributed by atoms with Gasteiger partial charge in [0, 0.05) is 35.4 Å². The Morgan fingerprint density at radius 2 is 1.79 bits per heavy atom. The monoisotopic (exact) mass is 483 g/mol. The molecule has 1 unspecified atom stereocenters. The maximum atomic E-state index is 13.4. The van der Waals surface area contributed by atoms with E-state index in [4.69, 9.17) is 11.6 Å². The standard InChI is InChI=1S/C25H26ClN3O5/c26-19-6-7-20-18(14-19)15-21(27-20)22(30)28-25(34,11-8-16-4-2-1-3-5-16)24(33)29-12-9-17(10-13-29)23(31)32/h1-7,14-15,17,27,34H,8-13H2,(H,28,30)(H,31,32). The van der Waals surface area contributed by atoms with Crippen LogP contribution in [0.25, 0.3) is 10.9 Å². The number of nitrogens with zero attached hydrogens (tertiary/aromatic N) is 1. The number of carbonyl (C=O) groups excluding carboxylic acids is 2. The molecule has 4 N–H and O–H groups in total. The number of aromatic amines is 1. The number of aliphatic hydroxyl groups is 1. The highest BCUT2D eigenvalue weighted by atomic mass is 35.5. The molecule has 1 saturated heterocycles. The highest BCUT2D eigenvalue weighted by Gasteiger charge is 2.42. The van der Waals surface area contributed by atoms with Crippen molar-refractivity contribution in [2.24, 2.45) is 5.92 Å². The Hall–Kier alpha value is -3.36. The Morgan fingerprint density at radius 1 is 1.09 bits per heavy atom. The summed E-state index contributed by atoms with van der Waals surface area (Å²) in [5.41, 5.74) is -0.358. The maximum Gasteiger partial charge on any atom is 0.306 e. The minimum Gasteiger partial charge on any atom is -0.481 e. The number of piperidine rings is 1. The van der Waals surface area contributed by atoms with Gasteiger partial charge in [0.05, 0.1) is 5.92 Å². The smallest absolute Gasteiger partial charge is 0.306 e. The number of nitrogens with one attached hydrogen (secondary N) is 2. The van der Waals surface area contributed by atoms with E-state index >= 15 is 0 Å². The van der Waals surface area contributed by atoms with Crippen LogP contribution in [0.4, 0.5) is 0 Å². The van der Waals surface area contributed by atoms with Gasteiger partial charge in [-0.2, -0.15) is 0 Å². The number of likely N-dealkylation sites (tertiary alicyclic amines) is 1.